The molecule has 594 valence electrons. The van der Waals surface area contributed by atoms with Gasteiger partial charge in [-0.2, -0.15) is 18.3 Å². The molecule has 0 aliphatic rings. The van der Waals surface area contributed by atoms with Gasteiger partial charge in [0.2, 0.25) is 67.7 Å². The number of aromatic nitrogens is 8. The first-order chi connectivity index (χ1) is 57.2. The summed E-state index contributed by atoms with van der Waals surface area (Å²) in [6.45, 7) is 34.8. The number of fused-ring (bicyclic) bond motifs is 16. The molecule has 20 aromatic rings. The molecule has 0 aliphatic carbocycles. The standard InChI is InChI=1S/C28H29N2O.C27H27N2O.2C26H25N2O/c1-17-11-13-21-22-14-12-18(2)29-27(22)31-26(21)25(17)24-15-19(16-28(3,4)5)20-9-7-8-10-23(20)30(24)6;1-16(2)15-19-7-6-8-23-20(19)13-14-24(29(23)5)25-17(3)9-11-21-22-12-10-18(4)28-27(22)30-26(21)25;1-15(2)21-14-23(28(5)22-9-7-6-8-18(21)22)24-16(3)10-12-19-20-13-11-17(4)27-26(20)29-25(19)24;1-5-8-18-15-23(28(4)22-10-7-6-9-19(18)22)24-16(2)11-13-20-21-14-12-17(3)27-26(21)29-25(20)24/h7-15H,16H2,1-6H3;6-14,16H,15H2,1-5H3;6-15H,1-5H3;6-7,9-15H,5,8H2,1-4H3/q4*+1. The second-order valence-electron chi connectivity index (χ2n) is 34.9. The molecule has 0 amide bonds. The van der Waals surface area contributed by atoms with Crippen LogP contribution in [0.2, 0.25) is 0 Å². The van der Waals surface area contributed by atoms with E-state index in [0.717, 1.165) is 142 Å². The van der Waals surface area contributed by atoms with Crippen LogP contribution in [0.3, 0.4) is 0 Å². The number of para-hydroxylation sites is 3. The highest BCUT2D eigenvalue weighted by Gasteiger charge is 2.31. The SMILES string of the molecule is CCCc1cc(-c2c(C)ccc3c2oc2nc(C)ccc23)[n+](C)c2ccccc12.Cc1ccc2c(n1)oc1c(-c3cc(C(C)C)c4ccccc4[n+]3C)c(C)ccc12.Cc1ccc2c(n1)oc1c(-c3cc(CC(C)(C)C)c4ccccc4[n+]3C)c(C)ccc12.Cc1ccc2c(n1)oc1c(-c3ccc4c(CC(C)C)cccc4[n+]3C)c(C)ccc12. The maximum atomic E-state index is 6.38. The summed E-state index contributed by atoms with van der Waals surface area (Å²) in [5.41, 5.74) is 35.1. The molecule has 0 spiro atoms. The van der Waals surface area contributed by atoms with Gasteiger partial charge in [0.1, 0.15) is 28.2 Å². The van der Waals surface area contributed by atoms with Crippen LogP contribution >= 0.6 is 0 Å². The minimum atomic E-state index is 0.196. The Balaban J connectivity index is 0.000000113. The summed E-state index contributed by atoms with van der Waals surface area (Å²) >= 11 is 0. The Kier molecular flexibility index (Phi) is 20.7. The van der Waals surface area contributed by atoms with Crippen molar-refractivity contribution in [1.29, 1.82) is 0 Å². The minimum Gasteiger partial charge on any atom is -0.437 e. The molecule has 0 N–H and O–H groups in total. The molecule has 12 nitrogen and oxygen atoms in total. The Morgan fingerprint density at radius 1 is 0.311 bits per heavy atom. The van der Waals surface area contributed by atoms with Crippen LogP contribution in [-0.2, 0) is 47.5 Å². The number of aryl methyl sites for hydroxylation is 13. The van der Waals surface area contributed by atoms with Crippen LogP contribution < -0.4 is 18.3 Å². The van der Waals surface area contributed by atoms with Gasteiger partial charge in [0.05, 0.1) is 22.3 Å². The molecule has 0 aliphatic heterocycles. The second kappa shape index (κ2) is 31.2. The predicted molar refractivity (Wildman–Crippen MR) is 490 cm³/mol. The van der Waals surface area contributed by atoms with Gasteiger partial charge < -0.3 is 17.7 Å². The number of benzene rings is 8. The van der Waals surface area contributed by atoms with E-state index >= 15 is 0 Å². The van der Waals surface area contributed by atoms with Crippen LogP contribution in [0.5, 0.6) is 0 Å². The van der Waals surface area contributed by atoms with E-state index < -0.39 is 0 Å². The normalized spacial score (nSPS) is 12.0. The van der Waals surface area contributed by atoms with Crippen molar-refractivity contribution in [3.63, 3.8) is 0 Å². The predicted octanol–water partition coefficient (Wildman–Crippen LogP) is 25.8. The first kappa shape index (κ1) is 78.7. The fourth-order valence-corrected chi connectivity index (χ4v) is 18.1. The fraction of sp³-hybridized carbons (Fsp3) is 0.252. The summed E-state index contributed by atoms with van der Waals surface area (Å²) in [4.78, 5) is 18.5. The lowest BCUT2D eigenvalue weighted by molar-refractivity contribution is -0.633. The lowest BCUT2D eigenvalue weighted by Gasteiger charge is -2.20. The van der Waals surface area contributed by atoms with Gasteiger partial charge in [-0.15, -0.1) is 0 Å². The van der Waals surface area contributed by atoms with Crippen molar-refractivity contribution in [2.45, 2.75) is 142 Å². The molecule has 0 bridgehead atoms. The van der Waals surface area contributed by atoms with E-state index in [0.29, 0.717) is 34.7 Å². The third-order valence-electron chi connectivity index (χ3n) is 24.0. The van der Waals surface area contributed by atoms with Crippen molar-refractivity contribution in [2.24, 2.45) is 39.5 Å². The lowest BCUT2D eigenvalue weighted by atomic mass is 9.86. The minimum absolute atomic E-state index is 0.196. The molecule has 12 aromatic heterocycles. The van der Waals surface area contributed by atoms with E-state index in [2.05, 4.69) is 344 Å². The van der Waals surface area contributed by atoms with Crippen LogP contribution in [0.25, 0.3) is 177 Å². The van der Waals surface area contributed by atoms with Crippen LogP contribution in [0.1, 0.15) is 135 Å². The molecule has 8 aromatic carbocycles. The largest absolute Gasteiger partial charge is 0.437 e. The molecular formula is C107H106N8O4+4. The molecular weight excluding hydrogens is 1460 g/mol. The fourth-order valence-electron chi connectivity index (χ4n) is 18.1. The third kappa shape index (κ3) is 14.4. The average Bonchev–Trinajstić information content (AvgIpc) is 1.66. The number of rotatable bonds is 10. The molecule has 119 heavy (non-hydrogen) atoms. The molecule has 12 heterocycles. The van der Waals surface area contributed by atoms with Crippen molar-refractivity contribution in [3.05, 3.63) is 286 Å². The molecule has 20 rings (SSSR count). The van der Waals surface area contributed by atoms with E-state index in [1.807, 2.05) is 52.0 Å². The quantitative estimate of drug-likeness (QED) is 0.124. The highest BCUT2D eigenvalue weighted by molar-refractivity contribution is 6.12. The number of pyridine rings is 8. The van der Waals surface area contributed by atoms with Gasteiger partial charge in [-0.05, 0) is 209 Å². The molecule has 0 atom stereocenters. The Morgan fingerprint density at radius 2 is 0.622 bits per heavy atom. The molecule has 12 heteroatoms. The highest BCUT2D eigenvalue weighted by atomic mass is 16.4. The molecule has 0 fully saturated rings. The number of nitrogens with zero attached hydrogens (tertiary/aromatic N) is 8. The van der Waals surface area contributed by atoms with Gasteiger partial charge in [-0.25, -0.2) is 19.9 Å². The first-order valence-corrected chi connectivity index (χ1v) is 42.0. The van der Waals surface area contributed by atoms with Gasteiger partial charge in [-0.1, -0.05) is 159 Å². The summed E-state index contributed by atoms with van der Waals surface area (Å²) in [5, 5.41) is 14.0. The van der Waals surface area contributed by atoms with Crippen molar-refractivity contribution in [2.75, 3.05) is 0 Å². The zero-order valence-corrected chi connectivity index (χ0v) is 72.5. The Hall–Kier alpha value is -12.8. The van der Waals surface area contributed by atoms with Crippen molar-refractivity contribution in [1.82, 2.24) is 19.9 Å². The molecule has 0 saturated carbocycles. The van der Waals surface area contributed by atoms with E-state index in [1.54, 1.807) is 0 Å². The van der Waals surface area contributed by atoms with Crippen molar-refractivity contribution in [3.8, 4) is 45.0 Å². The van der Waals surface area contributed by atoms with Gasteiger partial charge >= 0.3 is 0 Å². The van der Waals surface area contributed by atoms with Crippen molar-refractivity contribution >= 4 is 132 Å². The average molecular weight is 1570 g/mol. The Labute approximate surface area is 696 Å². The first-order valence-electron chi connectivity index (χ1n) is 42.0. The van der Waals surface area contributed by atoms with Crippen molar-refractivity contribution < 1.29 is 35.9 Å². The zero-order chi connectivity index (χ0) is 83.3. The summed E-state index contributed by atoms with van der Waals surface area (Å²) < 4.78 is 34.6. The van der Waals surface area contributed by atoms with Crippen LogP contribution in [0, 0.1) is 66.7 Å². The van der Waals surface area contributed by atoms with E-state index in [1.165, 1.54) is 105 Å². The number of hydrogen-bond donors (Lipinski definition) is 0. The van der Waals surface area contributed by atoms with Gasteiger partial charge in [0.25, 0.3) is 0 Å². The Bertz CT molecular complexity index is 7470. The van der Waals surface area contributed by atoms with Gasteiger partial charge in [-0.3, -0.25) is 0 Å². The smallest absolute Gasteiger partial charge is 0.227 e. The number of furan rings is 4. The topological polar surface area (TPSA) is 120 Å². The maximum absolute atomic E-state index is 6.38. The van der Waals surface area contributed by atoms with E-state index in [9.17, 15) is 0 Å². The zero-order valence-electron chi connectivity index (χ0n) is 72.5. The van der Waals surface area contributed by atoms with Crippen LogP contribution in [0.4, 0.5) is 0 Å². The van der Waals surface area contributed by atoms with Crippen LogP contribution in [-0.4, -0.2) is 19.9 Å². The molecule has 0 saturated heterocycles. The van der Waals surface area contributed by atoms with Gasteiger partial charge in [0, 0.05) is 136 Å². The monoisotopic (exact) mass is 1570 g/mol. The summed E-state index contributed by atoms with van der Waals surface area (Å²) in [7, 11) is 8.60. The van der Waals surface area contributed by atoms with E-state index in [4.69, 9.17) is 17.7 Å². The lowest BCUT2D eigenvalue weighted by Crippen LogP contribution is -2.33. The van der Waals surface area contributed by atoms with Gasteiger partial charge in [0.15, 0.2) is 22.3 Å². The summed E-state index contributed by atoms with van der Waals surface area (Å²) in [5.74, 6) is 1.06. The number of hydrogen-bond acceptors (Lipinski definition) is 8. The summed E-state index contributed by atoms with van der Waals surface area (Å²) in [6.07, 6.45) is 4.27. The van der Waals surface area contributed by atoms with Crippen LogP contribution in [0.15, 0.2) is 236 Å². The summed E-state index contributed by atoms with van der Waals surface area (Å²) in [6, 6.07) is 78.2. The molecule has 0 unspecified atom stereocenters. The highest BCUT2D eigenvalue weighted by Crippen LogP contribution is 2.44. The second-order valence-corrected chi connectivity index (χ2v) is 34.9. The third-order valence-corrected chi connectivity index (χ3v) is 24.0. The maximum Gasteiger partial charge on any atom is 0.227 e. The Morgan fingerprint density at radius 3 is 1.00 bits per heavy atom. The van der Waals surface area contributed by atoms with E-state index in [-0.39, 0.29) is 5.41 Å². The molecule has 0 radical (unpaired) electrons.